The summed E-state index contributed by atoms with van der Waals surface area (Å²) < 4.78 is 14.1. The second-order valence-electron chi connectivity index (χ2n) is 6.66. The number of nitrogens with zero attached hydrogens (tertiary/aromatic N) is 2. The molecule has 0 spiro atoms. The van der Waals surface area contributed by atoms with Gasteiger partial charge in [0.15, 0.2) is 0 Å². The van der Waals surface area contributed by atoms with Gasteiger partial charge in [0, 0.05) is 31.7 Å². The Labute approximate surface area is 138 Å². The van der Waals surface area contributed by atoms with E-state index in [1.165, 1.54) is 23.1 Å². The summed E-state index contributed by atoms with van der Waals surface area (Å²) in [4.78, 5) is 38.7. The zero-order chi connectivity index (χ0) is 17.5. The van der Waals surface area contributed by atoms with Gasteiger partial charge >= 0.3 is 5.97 Å². The smallest absolute Gasteiger partial charge is 0.311 e. The average molecular weight is 334 g/mol. The van der Waals surface area contributed by atoms with Gasteiger partial charge in [-0.25, -0.2) is 4.39 Å². The number of rotatable bonds is 3. The number of carbonyl (C=O) groups excluding carboxylic acids is 2. The molecule has 2 amide bonds. The number of hydrogen-bond acceptors (Lipinski definition) is 3. The van der Waals surface area contributed by atoms with Crippen LogP contribution in [0, 0.1) is 11.2 Å². The number of benzene rings is 1. The van der Waals surface area contributed by atoms with Gasteiger partial charge in [0.2, 0.25) is 5.91 Å². The van der Waals surface area contributed by atoms with Crippen LogP contribution in [0.3, 0.4) is 0 Å². The zero-order valence-electron chi connectivity index (χ0n) is 13.4. The molecular weight excluding hydrogens is 315 g/mol. The normalized spacial score (nSPS) is 23.8. The second kappa shape index (κ2) is 5.89. The highest BCUT2D eigenvalue weighted by molar-refractivity contribution is 5.99. The van der Waals surface area contributed by atoms with E-state index in [1.54, 1.807) is 11.8 Å². The van der Waals surface area contributed by atoms with Crippen LogP contribution in [0.5, 0.6) is 0 Å². The van der Waals surface area contributed by atoms with Crippen molar-refractivity contribution < 1.29 is 23.9 Å². The quantitative estimate of drug-likeness (QED) is 0.916. The van der Waals surface area contributed by atoms with E-state index in [0.717, 1.165) is 6.42 Å². The number of aliphatic carboxylic acids is 1. The molecule has 2 fully saturated rings. The average Bonchev–Trinajstić information content (AvgIpc) is 3.14. The molecule has 3 rings (SSSR count). The van der Waals surface area contributed by atoms with Crippen LogP contribution < -0.4 is 4.90 Å². The van der Waals surface area contributed by atoms with Crippen molar-refractivity contribution in [3.05, 3.63) is 29.6 Å². The third-order valence-corrected chi connectivity index (χ3v) is 4.84. The van der Waals surface area contributed by atoms with E-state index in [1.807, 2.05) is 0 Å². The number of anilines is 1. The molecule has 2 heterocycles. The first kappa shape index (κ1) is 16.4. The van der Waals surface area contributed by atoms with E-state index in [9.17, 15) is 23.9 Å². The molecular formula is C17H19FN2O4. The molecule has 2 saturated heterocycles. The van der Waals surface area contributed by atoms with Crippen molar-refractivity contribution >= 4 is 23.5 Å². The first-order valence-corrected chi connectivity index (χ1v) is 7.94. The Hall–Kier alpha value is -2.44. The fourth-order valence-corrected chi connectivity index (χ4v) is 3.25. The lowest BCUT2D eigenvalue weighted by Gasteiger charge is -2.21. The zero-order valence-corrected chi connectivity index (χ0v) is 13.4. The summed E-state index contributed by atoms with van der Waals surface area (Å²) in [6.45, 7) is 2.46. The Morgan fingerprint density at radius 1 is 1.29 bits per heavy atom. The molecule has 0 saturated carbocycles. The van der Waals surface area contributed by atoms with Gasteiger partial charge in [0.25, 0.3) is 5.91 Å². The number of carbonyl (C=O) groups is 3. The van der Waals surface area contributed by atoms with E-state index in [2.05, 4.69) is 0 Å². The van der Waals surface area contributed by atoms with E-state index >= 15 is 0 Å². The molecule has 0 aromatic heterocycles. The van der Waals surface area contributed by atoms with Crippen molar-refractivity contribution in [2.24, 2.45) is 5.41 Å². The molecule has 128 valence electrons. The van der Waals surface area contributed by atoms with Crippen LogP contribution in [0.4, 0.5) is 10.1 Å². The number of carboxylic acid groups (broad SMARTS) is 1. The molecule has 0 radical (unpaired) electrons. The maximum absolute atomic E-state index is 14.1. The van der Waals surface area contributed by atoms with Crippen LogP contribution in [-0.4, -0.2) is 47.4 Å². The number of amides is 2. The number of halogens is 1. The highest BCUT2D eigenvalue weighted by Crippen LogP contribution is 2.32. The molecule has 1 aromatic rings. The molecule has 24 heavy (non-hydrogen) atoms. The van der Waals surface area contributed by atoms with Crippen LogP contribution >= 0.6 is 0 Å². The van der Waals surface area contributed by atoms with E-state index in [-0.39, 0.29) is 24.6 Å². The van der Waals surface area contributed by atoms with Gasteiger partial charge in [0.05, 0.1) is 11.0 Å². The van der Waals surface area contributed by atoms with Crippen molar-refractivity contribution in [3.63, 3.8) is 0 Å². The lowest BCUT2D eigenvalue weighted by Crippen LogP contribution is -2.35. The molecule has 2 aliphatic heterocycles. The molecule has 6 nitrogen and oxygen atoms in total. The van der Waals surface area contributed by atoms with Crippen LogP contribution in [0.25, 0.3) is 0 Å². The van der Waals surface area contributed by atoms with Crippen molar-refractivity contribution in [2.75, 3.05) is 24.5 Å². The van der Waals surface area contributed by atoms with Crippen LogP contribution in [0.15, 0.2) is 18.2 Å². The predicted octanol–water partition coefficient (Wildman–Crippen LogP) is 1.89. The van der Waals surface area contributed by atoms with Crippen molar-refractivity contribution in [1.82, 2.24) is 4.90 Å². The fraction of sp³-hybridized carbons (Fsp3) is 0.471. The summed E-state index contributed by atoms with van der Waals surface area (Å²) in [5.41, 5.74) is -0.626. The topological polar surface area (TPSA) is 77.9 Å². The van der Waals surface area contributed by atoms with Crippen molar-refractivity contribution in [2.45, 2.75) is 26.2 Å². The largest absolute Gasteiger partial charge is 0.481 e. The highest BCUT2D eigenvalue weighted by Gasteiger charge is 2.42. The minimum absolute atomic E-state index is 0.0420. The predicted molar refractivity (Wildman–Crippen MR) is 84.3 cm³/mol. The van der Waals surface area contributed by atoms with Crippen LogP contribution in [-0.2, 0) is 9.59 Å². The van der Waals surface area contributed by atoms with Gasteiger partial charge in [-0.05, 0) is 38.0 Å². The molecule has 0 bridgehead atoms. The second-order valence-corrected chi connectivity index (χ2v) is 6.66. The molecule has 1 N–H and O–H groups in total. The summed E-state index contributed by atoms with van der Waals surface area (Å²) in [6, 6.07) is 4.05. The van der Waals surface area contributed by atoms with Gasteiger partial charge in [-0.3, -0.25) is 14.4 Å². The lowest BCUT2D eigenvalue weighted by molar-refractivity contribution is -0.147. The molecule has 1 aromatic carbocycles. The Balaban J connectivity index is 1.85. The Morgan fingerprint density at radius 3 is 2.62 bits per heavy atom. The highest BCUT2D eigenvalue weighted by atomic mass is 19.1. The summed E-state index contributed by atoms with van der Waals surface area (Å²) in [5.74, 6) is -2.21. The van der Waals surface area contributed by atoms with Gasteiger partial charge in [0.1, 0.15) is 5.82 Å². The summed E-state index contributed by atoms with van der Waals surface area (Å²) >= 11 is 0. The van der Waals surface area contributed by atoms with Crippen molar-refractivity contribution in [1.29, 1.82) is 0 Å². The maximum atomic E-state index is 14.1. The standard InChI is InChI=1S/C17H19FN2O4/c1-17(16(23)24)6-8-19(10-17)15(22)12-9-11(4-5-13(12)18)20-7-2-3-14(20)21/h4-5,9H,2-3,6-8,10H2,1H3,(H,23,24)/t17-/m1/s1. The van der Waals surface area contributed by atoms with Gasteiger partial charge in [-0.15, -0.1) is 0 Å². The van der Waals surface area contributed by atoms with Crippen LogP contribution in [0.1, 0.15) is 36.5 Å². The number of carboxylic acids is 1. The third kappa shape index (κ3) is 2.74. The first-order chi connectivity index (χ1) is 11.3. The molecule has 1 atom stereocenters. The van der Waals surface area contributed by atoms with E-state index in [0.29, 0.717) is 25.1 Å². The van der Waals surface area contributed by atoms with Crippen LogP contribution in [0.2, 0.25) is 0 Å². The molecule has 0 unspecified atom stereocenters. The minimum Gasteiger partial charge on any atom is -0.481 e. The summed E-state index contributed by atoms with van der Waals surface area (Å²) in [7, 11) is 0. The minimum atomic E-state index is -1.01. The van der Waals surface area contributed by atoms with Gasteiger partial charge in [-0.1, -0.05) is 0 Å². The SMILES string of the molecule is C[C@@]1(C(=O)O)CCN(C(=O)c2cc(N3CCCC3=O)ccc2F)C1. The molecule has 0 aliphatic carbocycles. The Kier molecular flexibility index (Phi) is 4.03. The Bertz CT molecular complexity index is 721. The summed E-state index contributed by atoms with van der Waals surface area (Å²) in [6.07, 6.45) is 1.52. The van der Waals surface area contributed by atoms with Gasteiger partial charge in [-0.2, -0.15) is 0 Å². The lowest BCUT2D eigenvalue weighted by atomic mass is 9.90. The molecule has 2 aliphatic rings. The first-order valence-electron chi connectivity index (χ1n) is 7.94. The number of likely N-dealkylation sites (tertiary alicyclic amines) is 1. The summed E-state index contributed by atoms with van der Waals surface area (Å²) in [5, 5.41) is 9.26. The van der Waals surface area contributed by atoms with E-state index in [4.69, 9.17) is 0 Å². The monoisotopic (exact) mass is 334 g/mol. The third-order valence-electron chi connectivity index (χ3n) is 4.84. The molecule has 7 heteroatoms. The van der Waals surface area contributed by atoms with E-state index < -0.39 is 23.1 Å². The Morgan fingerprint density at radius 2 is 2.04 bits per heavy atom. The van der Waals surface area contributed by atoms with Gasteiger partial charge < -0.3 is 14.9 Å². The fourth-order valence-electron chi connectivity index (χ4n) is 3.25. The number of hydrogen-bond donors (Lipinski definition) is 1. The van der Waals surface area contributed by atoms with Crippen molar-refractivity contribution in [3.8, 4) is 0 Å². The maximum Gasteiger partial charge on any atom is 0.311 e.